The minimum atomic E-state index is -0.843. The fourth-order valence-electron chi connectivity index (χ4n) is 1.30. The Morgan fingerprint density at radius 2 is 2.00 bits per heavy atom. The summed E-state index contributed by atoms with van der Waals surface area (Å²) in [7, 11) is 0. The van der Waals surface area contributed by atoms with Crippen LogP contribution in [0.2, 0.25) is 0 Å². The molecule has 0 bridgehead atoms. The quantitative estimate of drug-likeness (QED) is 0.840. The number of hydrogen-bond donors (Lipinski definition) is 1. The predicted octanol–water partition coefficient (Wildman–Crippen LogP) is 3.74. The van der Waals surface area contributed by atoms with Crippen LogP contribution in [0.1, 0.15) is 15.9 Å². The topological polar surface area (TPSA) is 37.3 Å². The van der Waals surface area contributed by atoms with Crippen molar-refractivity contribution in [1.82, 2.24) is 0 Å². The monoisotopic (exact) mass is 250 g/mol. The predicted molar refractivity (Wildman–Crippen MR) is 67.3 cm³/mol. The summed E-state index contributed by atoms with van der Waals surface area (Å²) in [5.74, 6) is -0.139. The smallest absolute Gasteiger partial charge is 0.336 e. The van der Waals surface area contributed by atoms with Gasteiger partial charge in [0.05, 0.1) is 5.56 Å². The maximum absolute atomic E-state index is 10.9. The zero-order valence-corrected chi connectivity index (χ0v) is 10.1. The number of carbonyl (C=O) groups is 1. The molecule has 0 atom stereocenters. The van der Waals surface area contributed by atoms with Crippen molar-refractivity contribution >= 4 is 29.1 Å². The van der Waals surface area contributed by atoms with Crippen LogP contribution < -0.4 is 0 Å². The maximum atomic E-state index is 10.9. The third kappa shape index (κ3) is 2.65. The van der Waals surface area contributed by atoms with Crippen molar-refractivity contribution in [3.8, 4) is 0 Å². The summed E-state index contributed by atoms with van der Waals surface area (Å²) in [4.78, 5) is 12.0. The molecule has 2 rings (SSSR count). The molecule has 0 unspecified atom stereocenters. The summed E-state index contributed by atoms with van der Waals surface area (Å²) in [5.41, 5.74) is 1.32. The second-order valence-corrected chi connectivity index (χ2v) is 5.01. The summed E-state index contributed by atoms with van der Waals surface area (Å²) < 4.78 is 0. The highest BCUT2D eigenvalue weighted by atomic mass is 32.2. The zero-order valence-electron chi connectivity index (χ0n) is 8.42. The lowest BCUT2D eigenvalue weighted by Gasteiger charge is -2.00. The first-order chi connectivity index (χ1) is 7.77. The molecule has 1 N–H and O–H groups in total. The summed E-state index contributed by atoms with van der Waals surface area (Å²) in [6.07, 6.45) is 0. The minimum Gasteiger partial charge on any atom is -0.478 e. The highest BCUT2D eigenvalue weighted by Gasteiger charge is 2.10. The van der Waals surface area contributed by atoms with Crippen LogP contribution in [-0.2, 0) is 5.75 Å². The molecule has 0 aliphatic carbocycles. The summed E-state index contributed by atoms with van der Waals surface area (Å²) >= 11 is 3.09. The Morgan fingerprint density at radius 3 is 2.69 bits per heavy atom. The first-order valence-corrected chi connectivity index (χ1v) is 6.66. The van der Waals surface area contributed by atoms with Crippen molar-refractivity contribution in [3.05, 3.63) is 52.2 Å². The van der Waals surface area contributed by atoms with Crippen LogP contribution in [0, 0.1) is 0 Å². The lowest BCUT2D eigenvalue weighted by Crippen LogP contribution is -1.97. The molecule has 4 heteroatoms. The van der Waals surface area contributed by atoms with Crippen LogP contribution >= 0.6 is 23.1 Å². The van der Waals surface area contributed by atoms with Gasteiger partial charge in [0.15, 0.2) is 0 Å². The van der Waals surface area contributed by atoms with E-state index in [1.807, 2.05) is 35.7 Å². The van der Waals surface area contributed by atoms with Crippen molar-refractivity contribution < 1.29 is 9.90 Å². The highest BCUT2D eigenvalue weighted by Crippen LogP contribution is 2.26. The molecular formula is C12H10O2S2. The second kappa shape index (κ2) is 5.18. The van der Waals surface area contributed by atoms with Gasteiger partial charge in [-0.05, 0) is 23.1 Å². The van der Waals surface area contributed by atoms with Crippen LogP contribution in [0.4, 0.5) is 0 Å². The number of carboxylic acid groups (broad SMARTS) is 1. The molecule has 1 heterocycles. The van der Waals surface area contributed by atoms with Crippen molar-refractivity contribution in [2.75, 3.05) is 0 Å². The molecular weight excluding hydrogens is 240 g/mol. The van der Waals surface area contributed by atoms with Crippen LogP contribution in [0.15, 0.2) is 46.0 Å². The minimum absolute atomic E-state index is 0.424. The zero-order chi connectivity index (χ0) is 11.4. The number of thioether (sulfide) groups is 1. The Morgan fingerprint density at radius 1 is 1.25 bits per heavy atom. The molecule has 1 aromatic heterocycles. The molecule has 0 spiro atoms. The summed E-state index contributed by atoms with van der Waals surface area (Å²) in [6, 6.07) is 9.98. The number of rotatable bonds is 4. The van der Waals surface area contributed by atoms with E-state index in [1.54, 1.807) is 17.1 Å². The fraction of sp³-hybridized carbons (Fsp3) is 0.0833. The molecule has 0 saturated carbocycles. The maximum Gasteiger partial charge on any atom is 0.336 e. The van der Waals surface area contributed by atoms with E-state index < -0.39 is 5.97 Å². The Bertz CT molecular complexity index is 477. The number of carboxylic acids is 1. The van der Waals surface area contributed by atoms with Crippen LogP contribution in [-0.4, -0.2) is 11.1 Å². The normalized spacial score (nSPS) is 10.2. The summed E-state index contributed by atoms with van der Waals surface area (Å²) in [6.45, 7) is 0. The number of hydrogen-bond acceptors (Lipinski definition) is 3. The fourth-order valence-corrected chi connectivity index (χ4v) is 3.15. The van der Waals surface area contributed by atoms with Gasteiger partial charge in [0, 0.05) is 16.0 Å². The molecule has 2 nitrogen and oxygen atoms in total. The molecule has 0 saturated heterocycles. The lowest BCUT2D eigenvalue weighted by atomic mass is 10.2. The van der Waals surface area contributed by atoms with Crippen molar-refractivity contribution in [2.45, 2.75) is 10.6 Å². The first-order valence-electron chi connectivity index (χ1n) is 4.73. The SMILES string of the molecule is O=C(O)c1cscc1CSc1ccccc1. The van der Waals surface area contributed by atoms with Gasteiger partial charge in [0.1, 0.15) is 0 Å². The van der Waals surface area contributed by atoms with Gasteiger partial charge in [-0.3, -0.25) is 0 Å². The van der Waals surface area contributed by atoms with E-state index >= 15 is 0 Å². The summed E-state index contributed by atoms with van der Waals surface area (Å²) in [5, 5.41) is 12.5. The van der Waals surface area contributed by atoms with Gasteiger partial charge < -0.3 is 5.11 Å². The third-order valence-electron chi connectivity index (χ3n) is 2.11. The lowest BCUT2D eigenvalue weighted by molar-refractivity contribution is 0.0696. The van der Waals surface area contributed by atoms with Gasteiger partial charge >= 0.3 is 5.97 Å². The second-order valence-electron chi connectivity index (χ2n) is 3.22. The van der Waals surface area contributed by atoms with E-state index in [9.17, 15) is 4.79 Å². The van der Waals surface area contributed by atoms with Gasteiger partial charge in [-0.1, -0.05) is 18.2 Å². The van der Waals surface area contributed by atoms with E-state index in [1.165, 1.54) is 11.3 Å². The van der Waals surface area contributed by atoms with E-state index in [2.05, 4.69) is 0 Å². The van der Waals surface area contributed by atoms with Crippen molar-refractivity contribution in [2.24, 2.45) is 0 Å². The van der Waals surface area contributed by atoms with Gasteiger partial charge in [0.2, 0.25) is 0 Å². The van der Waals surface area contributed by atoms with E-state index in [-0.39, 0.29) is 0 Å². The van der Waals surface area contributed by atoms with Crippen molar-refractivity contribution in [3.63, 3.8) is 0 Å². The molecule has 16 heavy (non-hydrogen) atoms. The average molecular weight is 250 g/mol. The van der Waals surface area contributed by atoms with Crippen molar-refractivity contribution in [1.29, 1.82) is 0 Å². The van der Waals surface area contributed by atoms with Gasteiger partial charge in [-0.25, -0.2) is 4.79 Å². The first kappa shape index (κ1) is 11.2. The molecule has 82 valence electrons. The van der Waals surface area contributed by atoms with Gasteiger partial charge in [-0.15, -0.1) is 11.8 Å². The Hall–Kier alpha value is -1.26. The molecule has 0 aliphatic rings. The molecule has 0 amide bonds. The van der Waals surface area contributed by atoms with E-state index in [0.29, 0.717) is 11.3 Å². The molecule has 0 aliphatic heterocycles. The van der Waals surface area contributed by atoms with E-state index in [0.717, 1.165) is 10.5 Å². The number of thiophene rings is 1. The Kier molecular flexibility index (Phi) is 3.64. The van der Waals surface area contributed by atoms with Crippen LogP contribution in [0.5, 0.6) is 0 Å². The van der Waals surface area contributed by atoms with E-state index in [4.69, 9.17) is 5.11 Å². The average Bonchev–Trinajstić information content (AvgIpc) is 2.76. The largest absolute Gasteiger partial charge is 0.478 e. The number of aromatic carboxylic acids is 1. The Balaban J connectivity index is 2.05. The molecule has 1 aromatic carbocycles. The molecule has 0 radical (unpaired) electrons. The van der Waals surface area contributed by atoms with Crippen LogP contribution in [0.25, 0.3) is 0 Å². The van der Waals surface area contributed by atoms with Crippen LogP contribution in [0.3, 0.4) is 0 Å². The van der Waals surface area contributed by atoms with Gasteiger partial charge in [0.25, 0.3) is 0 Å². The number of benzene rings is 1. The molecule has 2 aromatic rings. The molecule has 0 fully saturated rings. The third-order valence-corrected chi connectivity index (χ3v) is 3.96. The van der Waals surface area contributed by atoms with Gasteiger partial charge in [-0.2, -0.15) is 11.3 Å². The standard InChI is InChI=1S/C12H10O2S2/c13-12(14)11-8-15-6-9(11)7-16-10-4-2-1-3-5-10/h1-6,8H,7H2,(H,13,14). The Labute approximate surface area is 102 Å². The highest BCUT2D eigenvalue weighted by molar-refractivity contribution is 7.98.